The number of anilines is 2. The van der Waals surface area contributed by atoms with Crippen LogP contribution in [0.1, 0.15) is 17.3 Å². The second-order valence-electron chi connectivity index (χ2n) is 5.48. The summed E-state index contributed by atoms with van der Waals surface area (Å²) < 4.78 is 16.0. The fraction of sp³-hybridized carbons (Fsp3) is 0.176. The molecule has 2 heterocycles. The van der Waals surface area contributed by atoms with Gasteiger partial charge in [-0.1, -0.05) is 0 Å². The molecule has 2 amide bonds. The van der Waals surface area contributed by atoms with E-state index in [2.05, 4.69) is 10.6 Å². The Morgan fingerprint density at radius 3 is 2.79 bits per heavy atom. The third-order valence-electron chi connectivity index (χ3n) is 3.80. The van der Waals surface area contributed by atoms with Gasteiger partial charge in [0.2, 0.25) is 6.79 Å². The fourth-order valence-corrected chi connectivity index (χ4v) is 2.53. The van der Waals surface area contributed by atoms with Crippen LogP contribution < -0.4 is 24.8 Å². The van der Waals surface area contributed by atoms with Crippen molar-refractivity contribution in [2.24, 2.45) is 0 Å². The van der Waals surface area contributed by atoms with Crippen molar-refractivity contribution in [2.45, 2.75) is 13.0 Å². The molecule has 4 rings (SSSR count). The molecule has 2 aliphatic heterocycles. The molecule has 2 aromatic carbocycles. The maximum absolute atomic E-state index is 12.4. The summed E-state index contributed by atoms with van der Waals surface area (Å²) in [6.45, 7) is 1.83. The third-order valence-corrected chi connectivity index (χ3v) is 3.80. The van der Waals surface area contributed by atoms with Gasteiger partial charge in [0, 0.05) is 11.3 Å². The highest BCUT2D eigenvalue weighted by Crippen LogP contribution is 2.34. The number of hydrogen-bond donors (Lipinski definition) is 2. The van der Waals surface area contributed by atoms with Crippen LogP contribution in [-0.4, -0.2) is 24.7 Å². The number of fused-ring (bicyclic) bond motifs is 2. The first kappa shape index (κ1) is 14.4. The van der Waals surface area contributed by atoms with Gasteiger partial charge in [-0.2, -0.15) is 0 Å². The van der Waals surface area contributed by atoms with E-state index in [0.29, 0.717) is 34.2 Å². The second-order valence-corrected chi connectivity index (χ2v) is 5.48. The van der Waals surface area contributed by atoms with Gasteiger partial charge in [0.15, 0.2) is 17.6 Å². The molecule has 1 atom stereocenters. The topological polar surface area (TPSA) is 85.9 Å². The van der Waals surface area contributed by atoms with Crippen LogP contribution in [0.25, 0.3) is 0 Å². The van der Waals surface area contributed by atoms with E-state index in [1.807, 2.05) is 0 Å². The van der Waals surface area contributed by atoms with Crippen LogP contribution in [0.2, 0.25) is 0 Å². The summed E-state index contributed by atoms with van der Waals surface area (Å²) in [5.41, 5.74) is 1.53. The van der Waals surface area contributed by atoms with Gasteiger partial charge in [0.05, 0.1) is 5.69 Å². The summed E-state index contributed by atoms with van der Waals surface area (Å²) in [7, 11) is 0. The van der Waals surface area contributed by atoms with Gasteiger partial charge in [-0.25, -0.2) is 0 Å². The highest BCUT2D eigenvalue weighted by atomic mass is 16.7. The molecule has 2 N–H and O–H groups in total. The van der Waals surface area contributed by atoms with Crippen molar-refractivity contribution in [3.63, 3.8) is 0 Å². The van der Waals surface area contributed by atoms with Crippen molar-refractivity contribution in [1.82, 2.24) is 0 Å². The lowest BCUT2D eigenvalue weighted by Gasteiger charge is -2.23. The summed E-state index contributed by atoms with van der Waals surface area (Å²) in [4.78, 5) is 24.0. The van der Waals surface area contributed by atoms with Crippen LogP contribution in [0.3, 0.4) is 0 Å². The molecule has 0 spiro atoms. The number of carbonyl (C=O) groups is 2. The van der Waals surface area contributed by atoms with E-state index in [4.69, 9.17) is 14.2 Å². The number of benzene rings is 2. The molecule has 0 aliphatic carbocycles. The normalized spacial score (nSPS) is 17.5. The summed E-state index contributed by atoms with van der Waals surface area (Å²) in [6.07, 6.45) is -0.536. The zero-order valence-corrected chi connectivity index (χ0v) is 12.8. The lowest BCUT2D eigenvalue weighted by atomic mass is 10.1. The minimum Gasteiger partial charge on any atom is -0.479 e. The molecule has 0 aromatic heterocycles. The molecule has 0 saturated heterocycles. The monoisotopic (exact) mass is 326 g/mol. The van der Waals surface area contributed by atoms with Gasteiger partial charge in [-0.15, -0.1) is 0 Å². The fourth-order valence-electron chi connectivity index (χ4n) is 2.53. The van der Waals surface area contributed by atoms with Crippen LogP contribution in [0.5, 0.6) is 17.2 Å². The Kier molecular flexibility index (Phi) is 3.26. The molecule has 1 unspecified atom stereocenters. The Bertz CT molecular complexity index is 849. The van der Waals surface area contributed by atoms with Crippen molar-refractivity contribution in [2.75, 3.05) is 17.4 Å². The first-order valence-electron chi connectivity index (χ1n) is 7.43. The van der Waals surface area contributed by atoms with Crippen molar-refractivity contribution in [3.8, 4) is 17.2 Å². The predicted octanol–water partition coefficient (Wildman–Crippen LogP) is 2.39. The quantitative estimate of drug-likeness (QED) is 0.885. The Morgan fingerprint density at radius 1 is 1.12 bits per heavy atom. The maximum Gasteiger partial charge on any atom is 0.265 e. The second kappa shape index (κ2) is 5.45. The van der Waals surface area contributed by atoms with Gasteiger partial charge in [-0.3, -0.25) is 9.59 Å². The highest BCUT2D eigenvalue weighted by molar-refractivity contribution is 6.05. The molecular formula is C17H14N2O5. The van der Waals surface area contributed by atoms with Gasteiger partial charge in [0.25, 0.3) is 11.8 Å². The molecule has 0 fully saturated rings. The highest BCUT2D eigenvalue weighted by Gasteiger charge is 2.24. The van der Waals surface area contributed by atoms with Gasteiger partial charge >= 0.3 is 0 Å². The Labute approximate surface area is 137 Å². The smallest absolute Gasteiger partial charge is 0.265 e. The van der Waals surface area contributed by atoms with E-state index in [0.717, 1.165) is 0 Å². The van der Waals surface area contributed by atoms with Gasteiger partial charge < -0.3 is 24.8 Å². The van der Waals surface area contributed by atoms with E-state index < -0.39 is 6.10 Å². The average Bonchev–Trinajstić information content (AvgIpc) is 3.03. The number of ether oxygens (including phenoxy) is 3. The Hall–Kier alpha value is -3.22. The van der Waals surface area contributed by atoms with E-state index in [-0.39, 0.29) is 18.6 Å². The SMILES string of the molecule is CC1Oc2ccc(NC(=O)c3ccc4c(c3)OCO4)cc2NC1=O. The summed E-state index contributed by atoms with van der Waals surface area (Å²) in [5.74, 6) is 1.23. The van der Waals surface area contributed by atoms with E-state index in [1.165, 1.54) is 0 Å². The zero-order chi connectivity index (χ0) is 16.7. The maximum atomic E-state index is 12.4. The van der Waals surface area contributed by atoms with Crippen molar-refractivity contribution >= 4 is 23.2 Å². The molecular weight excluding hydrogens is 312 g/mol. The lowest BCUT2D eigenvalue weighted by Crippen LogP contribution is -2.34. The Balaban J connectivity index is 1.54. The van der Waals surface area contributed by atoms with E-state index in [1.54, 1.807) is 43.3 Å². The van der Waals surface area contributed by atoms with Gasteiger partial charge in [-0.05, 0) is 43.3 Å². The van der Waals surface area contributed by atoms with Crippen LogP contribution in [0.4, 0.5) is 11.4 Å². The summed E-state index contributed by atoms with van der Waals surface area (Å²) in [6, 6.07) is 10.1. The van der Waals surface area contributed by atoms with E-state index in [9.17, 15) is 9.59 Å². The molecule has 2 aliphatic rings. The third kappa shape index (κ3) is 2.50. The van der Waals surface area contributed by atoms with Crippen LogP contribution in [0, 0.1) is 0 Å². The number of rotatable bonds is 2. The predicted molar refractivity (Wildman–Crippen MR) is 85.7 cm³/mol. The summed E-state index contributed by atoms with van der Waals surface area (Å²) in [5, 5.41) is 5.53. The largest absolute Gasteiger partial charge is 0.479 e. The minimum atomic E-state index is -0.536. The van der Waals surface area contributed by atoms with E-state index >= 15 is 0 Å². The van der Waals surface area contributed by atoms with Crippen LogP contribution in [0.15, 0.2) is 36.4 Å². The molecule has 0 saturated carbocycles. The van der Waals surface area contributed by atoms with Crippen molar-refractivity contribution < 1.29 is 23.8 Å². The molecule has 2 aromatic rings. The number of carbonyl (C=O) groups excluding carboxylic acids is 2. The molecule has 122 valence electrons. The first-order chi connectivity index (χ1) is 11.6. The summed E-state index contributed by atoms with van der Waals surface area (Å²) >= 11 is 0. The van der Waals surface area contributed by atoms with Crippen molar-refractivity contribution in [1.29, 1.82) is 0 Å². The number of hydrogen-bond acceptors (Lipinski definition) is 5. The molecule has 0 bridgehead atoms. The van der Waals surface area contributed by atoms with Crippen molar-refractivity contribution in [3.05, 3.63) is 42.0 Å². The molecule has 7 nitrogen and oxygen atoms in total. The molecule has 24 heavy (non-hydrogen) atoms. The van der Waals surface area contributed by atoms with Crippen LogP contribution >= 0.6 is 0 Å². The standard InChI is InChI=1S/C17H14N2O5/c1-9-16(20)19-12-7-11(3-5-13(12)24-9)18-17(21)10-2-4-14-15(6-10)23-8-22-14/h2-7,9H,8H2,1H3,(H,18,21)(H,19,20). The number of amides is 2. The zero-order valence-electron chi connectivity index (χ0n) is 12.8. The average molecular weight is 326 g/mol. The minimum absolute atomic E-state index is 0.156. The first-order valence-corrected chi connectivity index (χ1v) is 7.43. The molecule has 0 radical (unpaired) electrons. The number of nitrogens with one attached hydrogen (secondary N) is 2. The molecule has 7 heteroatoms. The lowest BCUT2D eigenvalue weighted by molar-refractivity contribution is -0.122. The Morgan fingerprint density at radius 2 is 1.92 bits per heavy atom. The van der Waals surface area contributed by atoms with Crippen LogP contribution in [-0.2, 0) is 4.79 Å². The van der Waals surface area contributed by atoms with Gasteiger partial charge in [0.1, 0.15) is 5.75 Å².